The van der Waals surface area contributed by atoms with Gasteiger partial charge in [-0.05, 0) is 67.3 Å². The van der Waals surface area contributed by atoms with Gasteiger partial charge in [0.25, 0.3) is 5.91 Å². The lowest BCUT2D eigenvalue weighted by atomic mass is 9.90. The van der Waals surface area contributed by atoms with Gasteiger partial charge in [0.05, 0.1) is 0 Å². The first-order valence-corrected chi connectivity index (χ1v) is 11.3. The first-order chi connectivity index (χ1) is 15.2. The smallest absolute Gasteiger partial charge is 0.263 e. The van der Waals surface area contributed by atoms with Crippen molar-refractivity contribution >= 4 is 5.91 Å². The average Bonchev–Trinajstić information content (AvgIpc) is 2.84. The minimum atomic E-state index is -0.443. The summed E-state index contributed by atoms with van der Waals surface area (Å²) in [6.07, 6.45) is 3.99. The van der Waals surface area contributed by atoms with Crippen LogP contribution in [-0.2, 0) is 11.2 Å². The Bertz CT molecular complexity index is 945. The lowest BCUT2D eigenvalue weighted by molar-refractivity contribution is -0.139. The molecule has 4 rings (SSSR count). The van der Waals surface area contributed by atoms with Gasteiger partial charge in [0.2, 0.25) is 0 Å². The highest BCUT2D eigenvalue weighted by atomic mass is 16.5. The van der Waals surface area contributed by atoms with Crippen molar-refractivity contribution in [2.45, 2.75) is 38.7 Å². The Hall–Kier alpha value is -3.07. The van der Waals surface area contributed by atoms with E-state index < -0.39 is 6.10 Å². The molecular weight excluding hydrogens is 382 g/mol. The maximum absolute atomic E-state index is 12.7. The molecule has 0 saturated carbocycles. The predicted octanol–water partition coefficient (Wildman–Crippen LogP) is 5.99. The third-order valence-electron chi connectivity index (χ3n) is 6.23. The fourth-order valence-corrected chi connectivity index (χ4v) is 4.32. The SMILES string of the molecule is C[C@@H](Oc1ccccc1)C(=O)N1CCC(CCc2ccc(-c3ccccc3)cc2)CC1. The zero-order valence-electron chi connectivity index (χ0n) is 18.2. The lowest BCUT2D eigenvalue weighted by Gasteiger charge is -2.33. The van der Waals surface area contributed by atoms with E-state index in [2.05, 4.69) is 48.5 Å². The molecule has 1 aliphatic rings. The molecule has 0 aromatic heterocycles. The summed E-state index contributed by atoms with van der Waals surface area (Å²) in [4.78, 5) is 14.7. The number of carbonyl (C=O) groups excluding carboxylic acids is 1. The number of benzene rings is 3. The largest absolute Gasteiger partial charge is 0.481 e. The summed E-state index contributed by atoms with van der Waals surface area (Å²) in [7, 11) is 0. The molecule has 3 aromatic rings. The van der Waals surface area contributed by atoms with Crippen molar-refractivity contribution in [3.05, 3.63) is 90.5 Å². The van der Waals surface area contributed by atoms with Crippen molar-refractivity contribution < 1.29 is 9.53 Å². The predicted molar refractivity (Wildman–Crippen MR) is 126 cm³/mol. The van der Waals surface area contributed by atoms with E-state index in [0.29, 0.717) is 5.92 Å². The first-order valence-electron chi connectivity index (χ1n) is 11.3. The molecule has 1 fully saturated rings. The second-order valence-electron chi connectivity index (χ2n) is 8.44. The number of piperidine rings is 1. The Balaban J connectivity index is 1.22. The standard InChI is InChI=1S/C28H31NO2/c1-22(31-27-10-6-3-7-11-27)28(30)29-20-18-24(19-21-29)13-12-23-14-16-26(17-15-23)25-8-4-2-5-9-25/h2-11,14-17,22,24H,12-13,18-21H2,1H3/t22-/m1/s1. The number of aryl methyl sites for hydroxylation is 1. The molecule has 31 heavy (non-hydrogen) atoms. The maximum atomic E-state index is 12.7. The highest BCUT2D eigenvalue weighted by Crippen LogP contribution is 2.25. The van der Waals surface area contributed by atoms with Crippen LogP contribution in [0.3, 0.4) is 0 Å². The zero-order valence-corrected chi connectivity index (χ0v) is 18.2. The fourth-order valence-electron chi connectivity index (χ4n) is 4.32. The third-order valence-corrected chi connectivity index (χ3v) is 6.23. The van der Waals surface area contributed by atoms with Crippen molar-refractivity contribution in [2.24, 2.45) is 5.92 Å². The van der Waals surface area contributed by atoms with Gasteiger partial charge in [-0.2, -0.15) is 0 Å². The number of para-hydroxylation sites is 1. The molecule has 0 bridgehead atoms. The number of nitrogens with zero attached hydrogens (tertiary/aromatic N) is 1. The summed E-state index contributed by atoms with van der Waals surface area (Å²) < 4.78 is 5.81. The summed E-state index contributed by atoms with van der Waals surface area (Å²) in [5.41, 5.74) is 3.92. The summed E-state index contributed by atoms with van der Waals surface area (Å²) in [5, 5.41) is 0. The Kier molecular flexibility index (Phi) is 7.03. The summed E-state index contributed by atoms with van der Waals surface area (Å²) in [6.45, 7) is 3.51. The van der Waals surface area contributed by atoms with Gasteiger partial charge in [-0.3, -0.25) is 4.79 Å². The van der Waals surface area contributed by atoms with Gasteiger partial charge in [-0.25, -0.2) is 0 Å². The van der Waals surface area contributed by atoms with E-state index in [1.54, 1.807) is 0 Å². The van der Waals surface area contributed by atoms with Gasteiger partial charge in [0, 0.05) is 13.1 Å². The van der Waals surface area contributed by atoms with Gasteiger partial charge >= 0.3 is 0 Å². The zero-order chi connectivity index (χ0) is 21.5. The molecule has 1 aliphatic heterocycles. The normalized spacial score (nSPS) is 15.5. The average molecular weight is 414 g/mol. The van der Waals surface area contributed by atoms with E-state index in [4.69, 9.17) is 4.74 Å². The van der Waals surface area contributed by atoms with E-state index in [0.717, 1.165) is 38.1 Å². The van der Waals surface area contributed by atoms with Crippen molar-refractivity contribution in [1.82, 2.24) is 4.90 Å². The number of amides is 1. The van der Waals surface area contributed by atoms with Crippen LogP contribution in [0.15, 0.2) is 84.9 Å². The maximum Gasteiger partial charge on any atom is 0.263 e. The van der Waals surface area contributed by atoms with Crippen LogP contribution >= 0.6 is 0 Å². The Labute approximate surface area is 185 Å². The molecule has 1 heterocycles. The molecule has 0 unspecified atom stereocenters. The minimum absolute atomic E-state index is 0.0961. The van der Waals surface area contributed by atoms with Crippen molar-refractivity contribution in [1.29, 1.82) is 0 Å². The molecule has 1 amide bonds. The quantitative estimate of drug-likeness (QED) is 0.476. The second-order valence-corrected chi connectivity index (χ2v) is 8.44. The minimum Gasteiger partial charge on any atom is -0.481 e. The van der Waals surface area contributed by atoms with Gasteiger partial charge in [-0.15, -0.1) is 0 Å². The van der Waals surface area contributed by atoms with Gasteiger partial charge < -0.3 is 9.64 Å². The number of ether oxygens (including phenoxy) is 1. The van der Waals surface area contributed by atoms with Crippen molar-refractivity contribution in [3.63, 3.8) is 0 Å². The molecule has 0 N–H and O–H groups in total. The fraction of sp³-hybridized carbons (Fsp3) is 0.321. The summed E-state index contributed by atoms with van der Waals surface area (Å²) in [6, 6.07) is 29.0. The number of hydrogen-bond acceptors (Lipinski definition) is 2. The van der Waals surface area contributed by atoms with Gasteiger partial charge in [0.15, 0.2) is 6.10 Å². The molecule has 0 aliphatic carbocycles. The Morgan fingerprint density at radius 1 is 0.871 bits per heavy atom. The van der Waals surface area contributed by atoms with Crippen LogP contribution in [0.1, 0.15) is 31.7 Å². The second kappa shape index (κ2) is 10.3. The van der Waals surface area contributed by atoms with E-state index in [1.165, 1.54) is 23.1 Å². The summed E-state index contributed by atoms with van der Waals surface area (Å²) in [5.74, 6) is 1.53. The summed E-state index contributed by atoms with van der Waals surface area (Å²) >= 11 is 0. The van der Waals surface area contributed by atoms with Crippen LogP contribution in [0.25, 0.3) is 11.1 Å². The number of likely N-dealkylation sites (tertiary alicyclic amines) is 1. The van der Waals surface area contributed by atoms with E-state index in [-0.39, 0.29) is 5.91 Å². The topological polar surface area (TPSA) is 29.5 Å². The van der Waals surface area contributed by atoms with Crippen molar-refractivity contribution in [2.75, 3.05) is 13.1 Å². The van der Waals surface area contributed by atoms with Crippen LogP contribution in [0.5, 0.6) is 5.75 Å². The molecule has 3 heteroatoms. The monoisotopic (exact) mass is 413 g/mol. The van der Waals surface area contributed by atoms with Gasteiger partial charge in [0.1, 0.15) is 5.75 Å². The number of carbonyl (C=O) groups is 1. The lowest BCUT2D eigenvalue weighted by Crippen LogP contribution is -2.44. The molecule has 3 nitrogen and oxygen atoms in total. The highest BCUT2D eigenvalue weighted by Gasteiger charge is 2.26. The molecule has 0 radical (unpaired) electrons. The first kappa shape index (κ1) is 21.2. The number of hydrogen-bond donors (Lipinski definition) is 0. The van der Waals surface area contributed by atoms with Gasteiger partial charge in [-0.1, -0.05) is 72.8 Å². The molecule has 3 aromatic carbocycles. The van der Waals surface area contributed by atoms with E-state index >= 15 is 0 Å². The van der Waals surface area contributed by atoms with Crippen LogP contribution in [0.4, 0.5) is 0 Å². The number of rotatable bonds is 7. The van der Waals surface area contributed by atoms with E-state index in [1.807, 2.05) is 48.2 Å². The molecule has 160 valence electrons. The van der Waals surface area contributed by atoms with Crippen LogP contribution in [-0.4, -0.2) is 30.0 Å². The van der Waals surface area contributed by atoms with E-state index in [9.17, 15) is 4.79 Å². The van der Waals surface area contributed by atoms with Crippen LogP contribution < -0.4 is 4.74 Å². The Morgan fingerprint density at radius 2 is 1.45 bits per heavy atom. The molecule has 0 spiro atoms. The highest BCUT2D eigenvalue weighted by molar-refractivity contribution is 5.81. The van der Waals surface area contributed by atoms with Crippen LogP contribution in [0, 0.1) is 5.92 Å². The molecule has 1 saturated heterocycles. The Morgan fingerprint density at radius 3 is 2.10 bits per heavy atom. The molecular formula is C28H31NO2. The van der Waals surface area contributed by atoms with Crippen LogP contribution in [0.2, 0.25) is 0 Å². The van der Waals surface area contributed by atoms with Crippen molar-refractivity contribution in [3.8, 4) is 16.9 Å². The third kappa shape index (κ3) is 5.75. The molecule has 1 atom stereocenters.